The number of benzene rings is 3. The van der Waals surface area contributed by atoms with Crippen molar-refractivity contribution in [3.8, 4) is 16.9 Å². The van der Waals surface area contributed by atoms with Crippen LogP contribution in [0.2, 0.25) is 0 Å². The molecule has 6 rings (SSSR count). The number of β-amino-alcohol motifs (C(OH)–C–C–N with tert-alkyl or cyclic N) is 1. The minimum atomic E-state index is -0.701. The van der Waals surface area contributed by atoms with Crippen molar-refractivity contribution >= 4 is 29.7 Å². The second-order valence-electron chi connectivity index (χ2n) is 14.0. The number of aromatic nitrogens is 1. The van der Waals surface area contributed by atoms with Gasteiger partial charge in [0.1, 0.15) is 11.4 Å². The maximum absolute atomic E-state index is 13.4. The van der Waals surface area contributed by atoms with Gasteiger partial charge in [-0.25, -0.2) is 0 Å². The fourth-order valence-electron chi connectivity index (χ4n) is 7.32. The van der Waals surface area contributed by atoms with E-state index in [1.807, 2.05) is 19.1 Å². The standard InChI is InChI=1S/C42H48N4O5/c1-26-19-33(23-45-16-14-32(22-45)42(49)50)27(2)18-31(26)13-12-30-8-6-9-36(28(30)3)37-10-7-11-38(29(37)4)44-41(48)39-20-40(51-5)34(21-43-39)24-46-17-15-35(47)25-46/h6-13,18-21,32,35,47H,14-17,22-25H2,1-5H3,(H,44,48)(H,49,50)/b13-12+/t32-,35-/m1/s1. The maximum atomic E-state index is 13.4. The highest BCUT2D eigenvalue weighted by Gasteiger charge is 2.28. The number of aliphatic carboxylic acids is 1. The Kier molecular flexibility index (Phi) is 11.0. The molecule has 2 saturated heterocycles. The molecule has 9 heteroatoms. The van der Waals surface area contributed by atoms with E-state index >= 15 is 0 Å². The van der Waals surface area contributed by atoms with Gasteiger partial charge in [0.15, 0.2) is 0 Å². The third kappa shape index (κ3) is 8.22. The van der Waals surface area contributed by atoms with Gasteiger partial charge in [0.2, 0.25) is 0 Å². The van der Waals surface area contributed by atoms with Gasteiger partial charge < -0.3 is 20.3 Å². The van der Waals surface area contributed by atoms with E-state index < -0.39 is 5.97 Å². The zero-order valence-electron chi connectivity index (χ0n) is 30.2. The van der Waals surface area contributed by atoms with E-state index in [1.54, 1.807) is 19.4 Å². The first-order chi connectivity index (χ1) is 24.5. The van der Waals surface area contributed by atoms with Gasteiger partial charge in [-0.1, -0.05) is 54.6 Å². The monoisotopic (exact) mass is 688 g/mol. The summed E-state index contributed by atoms with van der Waals surface area (Å²) in [5, 5.41) is 22.3. The van der Waals surface area contributed by atoms with Crippen LogP contribution in [0.3, 0.4) is 0 Å². The quantitative estimate of drug-likeness (QED) is 0.146. The molecule has 266 valence electrons. The molecule has 2 aliphatic rings. The average Bonchev–Trinajstić information content (AvgIpc) is 3.76. The van der Waals surface area contributed by atoms with Crippen LogP contribution in [0.4, 0.5) is 5.69 Å². The number of hydrogen-bond donors (Lipinski definition) is 3. The molecule has 2 aliphatic heterocycles. The molecule has 3 heterocycles. The number of pyridine rings is 1. The van der Waals surface area contributed by atoms with Crippen molar-refractivity contribution in [2.45, 2.75) is 59.7 Å². The van der Waals surface area contributed by atoms with Crippen LogP contribution in [0.5, 0.6) is 5.75 Å². The molecule has 4 aromatic rings. The molecule has 0 unspecified atom stereocenters. The van der Waals surface area contributed by atoms with E-state index in [0.29, 0.717) is 37.5 Å². The van der Waals surface area contributed by atoms with E-state index in [4.69, 9.17) is 4.74 Å². The molecule has 0 radical (unpaired) electrons. The average molecular weight is 689 g/mol. The number of methoxy groups -OCH3 is 1. The molecular weight excluding hydrogens is 640 g/mol. The Balaban J connectivity index is 1.17. The van der Waals surface area contributed by atoms with Crippen LogP contribution in [-0.4, -0.2) is 76.3 Å². The lowest BCUT2D eigenvalue weighted by molar-refractivity contribution is -0.141. The second kappa shape index (κ2) is 15.6. The normalized spacial score (nSPS) is 18.1. The van der Waals surface area contributed by atoms with Gasteiger partial charge >= 0.3 is 5.97 Å². The highest BCUT2D eigenvalue weighted by molar-refractivity contribution is 6.04. The number of carboxylic acid groups (broad SMARTS) is 1. The van der Waals surface area contributed by atoms with Crippen molar-refractivity contribution < 1.29 is 24.5 Å². The number of likely N-dealkylation sites (tertiary alicyclic amines) is 2. The summed E-state index contributed by atoms with van der Waals surface area (Å²) in [6, 6.07) is 18.4. The van der Waals surface area contributed by atoms with E-state index in [-0.39, 0.29) is 23.6 Å². The molecule has 1 amide bonds. The lowest BCUT2D eigenvalue weighted by atomic mass is 9.92. The van der Waals surface area contributed by atoms with Gasteiger partial charge in [-0.15, -0.1) is 0 Å². The van der Waals surface area contributed by atoms with Gasteiger partial charge in [0, 0.05) is 56.2 Å². The molecule has 1 aromatic heterocycles. The molecule has 0 aliphatic carbocycles. The molecule has 2 atom stereocenters. The zero-order chi connectivity index (χ0) is 36.2. The van der Waals surface area contributed by atoms with Gasteiger partial charge in [-0.2, -0.15) is 0 Å². The van der Waals surface area contributed by atoms with Crippen molar-refractivity contribution in [1.29, 1.82) is 0 Å². The van der Waals surface area contributed by atoms with Crippen LogP contribution in [0, 0.1) is 33.6 Å². The minimum Gasteiger partial charge on any atom is -0.496 e. The topological polar surface area (TPSA) is 115 Å². The summed E-state index contributed by atoms with van der Waals surface area (Å²) in [5.74, 6) is -0.689. The summed E-state index contributed by atoms with van der Waals surface area (Å²) >= 11 is 0. The number of nitrogens with one attached hydrogen (secondary N) is 1. The highest BCUT2D eigenvalue weighted by Crippen LogP contribution is 2.33. The number of aryl methyl sites for hydroxylation is 2. The van der Waals surface area contributed by atoms with Crippen molar-refractivity contribution in [2.24, 2.45) is 5.92 Å². The predicted octanol–water partition coefficient (Wildman–Crippen LogP) is 6.89. The first kappa shape index (κ1) is 36.0. The number of carbonyl (C=O) groups is 2. The number of amides is 1. The third-order valence-electron chi connectivity index (χ3n) is 10.5. The van der Waals surface area contributed by atoms with E-state index in [1.165, 1.54) is 16.7 Å². The number of anilines is 1. The number of rotatable bonds is 11. The highest BCUT2D eigenvalue weighted by atomic mass is 16.5. The lowest BCUT2D eigenvalue weighted by Crippen LogP contribution is -2.23. The predicted molar refractivity (Wildman–Crippen MR) is 202 cm³/mol. The molecule has 3 aromatic carbocycles. The van der Waals surface area contributed by atoms with E-state index in [0.717, 1.165) is 65.0 Å². The van der Waals surface area contributed by atoms with Crippen LogP contribution >= 0.6 is 0 Å². The summed E-state index contributed by atoms with van der Waals surface area (Å²) in [5.41, 5.74) is 12.0. The molecule has 0 saturated carbocycles. The van der Waals surface area contributed by atoms with Crippen molar-refractivity contribution in [1.82, 2.24) is 14.8 Å². The minimum absolute atomic E-state index is 0.270. The molecule has 0 bridgehead atoms. The van der Waals surface area contributed by atoms with Crippen LogP contribution in [0.25, 0.3) is 23.3 Å². The summed E-state index contributed by atoms with van der Waals surface area (Å²) in [4.78, 5) is 33.7. The van der Waals surface area contributed by atoms with Crippen molar-refractivity contribution in [2.75, 3.05) is 38.6 Å². The summed E-state index contributed by atoms with van der Waals surface area (Å²) in [6.45, 7) is 12.6. The molecule has 2 fully saturated rings. The van der Waals surface area contributed by atoms with Crippen LogP contribution in [0.15, 0.2) is 60.8 Å². The smallest absolute Gasteiger partial charge is 0.307 e. The Morgan fingerprint density at radius 2 is 1.55 bits per heavy atom. The number of hydrogen-bond acceptors (Lipinski definition) is 7. The Bertz CT molecular complexity index is 1970. The first-order valence-electron chi connectivity index (χ1n) is 17.7. The number of carboxylic acids is 1. The fourth-order valence-corrected chi connectivity index (χ4v) is 7.32. The molecule has 51 heavy (non-hydrogen) atoms. The number of aliphatic hydroxyl groups excluding tert-OH is 1. The summed E-state index contributed by atoms with van der Waals surface area (Å²) < 4.78 is 5.62. The number of ether oxygens (including phenoxy) is 1. The number of aliphatic hydroxyl groups is 1. The van der Waals surface area contributed by atoms with Crippen LogP contribution in [0.1, 0.15) is 67.8 Å². The van der Waals surface area contributed by atoms with E-state index in [2.05, 4.69) is 89.4 Å². The Labute approximate surface area is 300 Å². The van der Waals surface area contributed by atoms with Gasteiger partial charge in [-0.05, 0) is 103 Å². The number of nitrogens with zero attached hydrogens (tertiary/aromatic N) is 3. The van der Waals surface area contributed by atoms with Crippen molar-refractivity contribution in [3.63, 3.8) is 0 Å². The molecule has 9 nitrogen and oxygen atoms in total. The molecule has 0 spiro atoms. The SMILES string of the molecule is COc1cc(C(=O)Nc2cccc(-c3cccc(/C=C/c4cc(C)c(CN5CC[C@@H](C(=O)O)C5)cc4C)c3C)c2C)ncc1CN1CC[C@@H](O)C1. The third-order valence-corrected chi connectivity index (χ3v) is 10.5. The van der Waals surface area contributed by atoms with E-state index in [9.17, 15) is 19.8 Å². The fraction of sp³-hybridized carbons (Fsp3) is 0.357. The second-order valence-corrected chi connectivity index (χ2v) is 14.0. The number of carbonyl (C=O) groups excluding carboxylic acids is 1. The summed E-state index contributed by atoms with van der Waals surface area (Å²) in [7, 11) is 1.59. The van der Waals surface area contributed by atoms with Gasteiger partial charge in [-0.3, -0.25) is 24.4 Å². The molecular formula is C42H48N4O5. The lowest BCUT2D eigenvalue weighted by Gasteiger charge is -2.18. The van der Waals surface area contributed by atoms with Crippen molar-refractivity contribution in [3.05, 3.63) is 111 Å². The maximum Gasteiger partial charge on any atom is 0.307 e. The van der Waals surface area contributed by atoms with Crippen LogP contribution < -0.4 is 10.1 Å². The molecule has 3 N–H and O–H groups in total. The van der Waals surface area contributed by atoms with Gasteiger partial charge in [0.05, 0.1) is 19.1 Å². The summed E-state index contributed by atoms with van der Waals surface area (Å²) in [6.07, 6.45) is 7.17. The largest absolute Gasteiger partial charge is 0.496 e. The van der Waals surface area contributed by atoms with Crippen LogP contribution in [-0.2, 0) is 17.9 Å². The Morgan fingerprint density at radius 1 is 0.863 bits per heavy atom. The Morgan fingerprint density at radius 3 is 2.25 bits per heavy atom. The zero-order valence-corrected chi connectivity index (χ0v) is 30.2. The van der Waals surface area contributed by atoms with Gasteiger partial charge in [0.25, 0.3) is 5.91 Å². The first-order valence-corrected chi connectivity index (χ1v) is 17.7. The Hall–Kier alpha value is -4.83.